The van der Waals surface area contributed by atoms with E-state index >= 15 is 0 Å². The van der Waals surface area contributed by atoms with Crippen molar-refractivity contribution >= 4 is 33.2 Å². The van der Waals surface area contributed by atoms with Gasteiger partial charge in [0.05, 0.1) is 0 Å². The van der Waals surface area contributed by atoms with Gasteiger partial charge in [-0.1, -0.05) is 0 Å². The molecular weight excluding hydrogens is 475 g/mol. The number of aryl methyl sites for hydroxylation is 1. The Morgan fingerprint density at radius 1 is 1.04 bits per heavy atom. The molecule has 1 aliphatic rings. The van der Waals surface area contributed by atoms with Gasteiger partial charge < -0.3 is 0 Å². The van der Waals surface area contributed by atoms with Crippen LogP contribution in [0.1, 0.15) is 19.3 Å². The Morgan fingerprint density at radius 2 is 1.61 bits per heavy atom. The Balaban J connectivity index is 1.81. The van der Waals surface area contributed by atoms with Gasteiger partial charge in [-0.05, 0) is 0 Å². The molecule has 1 aromatic heterocycles. The fourth-order valence-corrected chi connectivity index (χ4v) is 6.30. The van der Waals surface area contributed by atoms with Crippen molar-refractivity contribution in [2.24, 2.45) is 0 Å². The zero-order valence-electron chi connectivity index (χ0n) is 15.4. The summed E-state index contributed by atoms with van der Waals surface area (Å²) in [7, 11) is 0. The average molecular weight is 495 g/mol. The quantitative estimate of drug-likeness (QED) is 0.168. The van der Waals surface area contributed by atoms with Gasteiger partial charge in [-0.2, -0.15) is 0 Å². The van der Waals surface area contributed by atoms with Gasteiger partial charge in [0.15, 0.2) is 0 Å². The number of hydrogen-bond acceptors (Lipinski definition) is 5. The number of aromatic nitrogens is 1. The number of halogens is 1. The first kappa shape index (κ1) is 19.1. The Labute approximate surface area is 172 Å². The van der Waals surface area contributed by atoms with E-state index in [2.05, 4.69) is 12.6 Å². The van der Waals surface area contributed by atoms with E-state index in [0.717, 1.165) is 24.0 Å². The van der Waals surface area contributed by atoms with Gasteiger partial charge >= 0.3 is 172 Å². The number of rotatable bonds is 6. The third-order valence-electron chi connectivity index (χ3n) is 5.46. The van der Waals surface area contributed by atoms with Crippen LogP contribution in [0.2, 0.25) is 0 Å². The van der Waals surface area contributed by atoms with E-state index in [-0.39, 0.29) is 32.9 Å². The topological polar surface area (TPSA) is 94.5 Å². The van der Waals surface area contributed by atoms with E-state index in [1.54, 1.807) is 12.1 Å². The van der Waals surface area contributed by atoms with Crippen LogP contribution in [0.25, 0.3) is 21.8 Å². The number of fused-ring (bicyclic) bond motifs is 3. The van der Waals surface area contributed by atoms with Crippen molar-refractivity contribution in [3.8, 4) is 0 Å². The predicted molar refractivity (Wildman–Crippen MR) is 103 cm³/mol. The molecule has 9 heteroatoms. The van der Waals surface area contributed by atoms with Crippen molar-refractivity contribution in [3.63, 3.8) is 0 Å². The molecule has 0 aliphatic carbocycles. The molecule has 0 bridgehead atoms. The fraction of sp³-hybridized carbons (Fsp3) is 0.368. The number of benzene rings is 2. The van der Waals surface area contributed by atoms with Crippen LogP contribution < -0.4 is 21.5 Å². The first-order valence-corrected chi connectivity index (χ1v) is 12.2. The van der Waals surface area contributed by atoms with Gasteiger partial charge in [0.25, 0.3) is 0 Å². The van der Waals surface area contributed by atoms with Crippen LogP contribution >= 0.6 is 0 Å². The maximum absolute atomic E-state index is 11.2. The summed E-state index contributed by atoms with van der Waals surface area (Å²) in [6.07, 6.45) is 3.46. The molecule has 1 atom stereocenters. The number of nitro groups is 2. The molecule has 1 aliphatic heterocycles. The Bertz CT molecular complexity index is 1010. The molecular formula is C19H20IN4O4-. The molecule has 0 saturated carbocycles. The third-order valence-corrected chi connectivity index (χ3v) is 7.97. The van der Waals surface area contributed by atoms with E-state index < -0.39 is 9.85 Å². The van der Waals surface area contributed by atoms with Crippen LogP contribution in [0, 0.1) is 20.2 Å². The van der Waals surface area contributed by atoms with E-state index in [1.807, 2.05) is 0 Å². The van der Waals surface area contributed by atoms with Gasteiger partial charge in [-0.25, -0.2) is 0 Å². The number of alkyl halides is 1. The van der Waals surface area contributed by atoms with E-state index in [0.29, 0.717) is 16.8 Å². The summed E-state index contributed by atoms with van der Waals surface area (Å²) in [5.41, 5.74) is 1.76. The second kappa shape index (κ2) is 7.63. The molecule has 2 aromatic carbocycles. The summed E-state index contributed by atoms with van der Waals surface area (Å²) in [4.78, 5) is 23.9. The molecule has 0 radical (unpaired) electrons. The predicted octanol–water partition coefficient (Wildman–Crippen LogP) is 1.10. The molecule has 148 valence electrons. The molecule has 0 spiro atoms. The molecule has 0 amide bonds. The van der Waals surface area contributed by atoms with Crippen molar-refractivity contribution in [3.05, 3.63) is 56.6 Å². The molecule has 28 heavy (non-hydrogen) atoms. The monoisotopic (exact) mass is 495 g/mol. The molecule has 0 N–H and O–H groups in total. The summed E-state index contributed by atoms with van der Waals surface area (Å²) < 4.78 is 4.76. The van der Waals surface area contributed by atoms with Gasteiger partial charge in [-0.15, -0.1) is 0 Å². The molecule has 3 aromatic rings. The number of hydrogen-bond donors (Lipinski definition) is 0. The number of nitrogens with zero attached hydrogens (tertiary/aromatic N) is 4. The zero-order chi connectivity index (χ0) is 19.8. The van der Waals surface area contributed by atoms with Crippen molar-refractivity contribution in [2.75, 3.05) is 11.5 Å². The van der Waals surface area contributed by atoms with Crippen LogP contribution in [-0.2, 0) is 6.54 Å². The van der Waals surface area contributed by atoms with Crippen molar-refractivity contribution in [1.29, 1.82) is 0 Å². The van der Waals surface area contributed by atoms with Gasteiger partial charge in [-0.3, -0.25) is 0 Å². The summed E-state index contributed by atoms with van der Waals surface area (Å²) in [5, 5.41) is 23.8. The second-order valence-electron chi connectivity index (χ2n) is 6.95. The van der Waals surface area contributed by atoms with Crippen molar-refractivity contribution in [2.45, 2.75) is 31.8 Å². The number of non-ortho nitro benzene ring substituents is 2. The normalized spacial score (nSPS) is 17.7. The standard InChI is InChI=1S/C19H20IN4O4/c1-20-22-9-2-3-13(22)8-10-21-18-6-4-14(23(25)26)11-16(18)17-12-15(24(27)28)5-7-19(17)21/h4-7,11-13H,2-3,8-10H2,1H3/q-1. The maximum atomic E-state index is 11.2. The van der Waals surface area contributed by atoms with Crippen LogP contribution in [0.15, 0.2) is 36.4 Å². The average Bonchev–Trinajstić information content (AvgIpc) is 3.27. The summed E-state index contributed by atoms with van der Waals surface area (Å²) in [6.45, 7) is 1.97. The molecule has 8 nitrogen and oxygen atoms in total. The summed E-state index contributed by atoms with van der Waals surface area (Å²) >= 11 is 0.0723. The Hall–Kier alpha value is -2.27. The zero-order valence-corrected chi connectivity index (χ0v) is 17.5. The summed E-state index contributed by atoms with van der Waals surface area (Å²) in [6, 6.07) is 10.2. The first-order valence-electron chi connectivity index (χ1n) is 9.10. The van der Waals surface area contributed by atoms with E-state index in [4.69, 9.17) is 0 Å². The van der Waals surface area contributed by atoms with E-state index in [9.17, 15) is 20.2 Å². The molecule has 2 heterocycles. The minimum atomic E-state index is -0.429. The number of nitro benzene ring substituents is 2. The van der Waals surface area contributed by atoms with Crippen molar-refractivity contribution < 1.29 is 31.3 Å². The molecule has 1 unspecified atom stereocenters. The van der Waals surface area contributed by atoms with Gasteiger partial charge in [0.2, 0.25) is 0 Å². The summed E-state index contributed by atoms with van der Waals surface area (Å²) in [5.74, 6) is 0. The Morgan fingerprint density at radius 3 is 2.11 bits per heavy atom. The Kier molecular flexibility index (Phi) is 5.19. The molecule has 1 fully saturated rings. The fourth-order valence-electron chi connectivity index (χ4n) is 4.13. The van der Waals surface area contributed by atoms with Crippen molar-refractivity contribution in [1.82, 2.24) is 7.68 Å². The molecule has 1 saturated heterocycles. The SMILES string of the molecule is C[I-]N1CCCC1CCn1c2ccc([N+](=O)[O-])cc2c2cc([N+](=O)[O-])ccc21. The van der Waals surface area contributed by atoms with Crippen LogP contribution in [-0.4, -0.2) is 35.0 Å². The van der Waals surface area contributed by atoms with E-state index in [1.165, 1.54) is 43.7 Å². The second-order valence-corrected chi connectivity index (χ2v) is 9.15. The van der Waals surface area contributed by atoms with Gasteiger partial charge in [0, 0.05) is 0 Å². The van der Waals surface area contributed by atoms with Crippen LogP contribution in [0.5, 0.6) is 0 Å². The van der Waals surface area contributed by atoms with Crippen LogP contribution in [0.4, 0.5) is 11.4 Å². The third kappa shape index (κ3) is 3.32. The van der Waals surface area contributed by atoms with Crippen LogP contribution in [0.3, 0.4) is 0 Å². The minimum absolute atomic E-state index is 0.00393. The van der Waals surface area contributed by atoms with Gasteiger partial charge in [0.1, 0.15) is 0 Å². The first-order chi connectivity index (χ1) is 13.5. The molecule has 4 rings (SSSR count).